The summed E-state index contributed by atoms with van der Waals surface area (Å²) in [5.74, 6) is 0.722. The van der Waals surface area contributed by atoms with Crippen molar-refractivity contribution in [1.29, 1.82) is 5.26 Å². The molecule has 15 heteroatoms. The smallest absolute Gasteiger partial charge is 0.273 e. The van der Waals surface area contributed by atoms with E-state index in [1.807, 2.05) is 12.1 Å². The number of rotatable bonds is 10. The van der Waals surface area contributed by atoms with Gasteiger partial charge >= 0.3 is 0 Å². The van der Waals surface area contributed by atoms with Crippen molar-refractivity contribution in [3.05, 3.63) is 48.2 Å². The molecule has 1 aromatic carbocycles. The average Bonchev–Trinajstić information content (AvgIpc) is 3.07. The number of nitrogens with one attached hydrogen (secondary N) is 1. The third-order valence-corrected chi connectivity index (χ3v) is 8.66. The lowest BCUT2D eigenvalue weighted by atomic mass is 10.1. The number of hydrogen-bond donors (Lipinski definition) is 2. The quantitative estimate of drug-likeness (QED) is 0.332. The van der Waals surface area contributed by atoms with Gasteiger partial charge in [0, 0.05) is 63.9 Å². The molecular weight excluding hydrogens is 614 g/mol. The molecule has 3 aliphatic rings. The van der Waals surface area contributed by atoms with E-state index in [-0.39, 0.29) is 19.2 Å². The molecule has 5 heterocycles. The number of piperidine rings is 1. The molecule has 1 amide bonds. The summed E-state index contributed by atoms with van der Waals surface area (Å²) in [6.07, 6.45) is -3.42. The minimum atomic E-state index is -3.13. The molecule has 248 valence electrons. The SMILES string of the molecule is COc1nc(Nc2nccc(-c3ccc(OC4CCN(C(=O)[C@H](O)C(F)F)CC4)c(C#N)c3)n2)ccc1N1CCN(C2COC2)CC1. The van der Waals surface area contributed by atoms with Gasteiger partial charge in [-0.3, -0.25) is 9.69 Å². The summed E-state index contributed by atoms with van der Waals surface area (Å²) in [4.78, 5) is 31.6. The average molecular weight is 651 g/mol. The Labute approximate surface area is 270 Å². The van der Waals surface area contributed by atoms with E-state index in [2.05, 4.69) is 36.1 Å². The Morgan fingerprint density at radius 1 is 1.09 bits per heavy atom. The predicted octanol–water partition coefficient (Wildman–Crippen LogP) is 2.68. The van der Waals surface area contributed by atoms with Crippen LogP contribution in [0.25, 0.3) is 11.3 Å². The second-order valence-electron chi connectivity index (χ2n) is 11.6. The molecule has 0 spiro atoms. The largest absolute Gasteiger partial charge is 0.489 e. The Balaban J connectivity index is 1.08. The van der Waals surface area contributed by atoms with Crippen molar-refractivity contribution in [1.82, 2.24) is 24.8 Å². The second-order valence-corrected chi connectivity index (χ2v) is 11.6. The lowest BCUT2D eigenvalue weighted by Gasteiger charge is -2.43. The lowest BCUT2D eigenvalue weighted by molar-refractivity contribution is -0.150. The highest BCUT2D eigenvalue weighted by Crippen LogP contribution is 2.31. The fourth-order valence-electron chi connectivity index (χ4n) is 5.90. The molecule has 0 aliphatic carbocycles. The van der Waals surface area contributed by atoms with Crippen LogP contribution in [-0.2, 0) is 9.53 Å². The summed E-state index contributed by atoms with van der Waals surface area (Å²) in [6.45, 7) is 5.60. The van der Waals surface area contributed by atoms with Crippen molar-refractivity contribution in [3.63, 3.8) is 0 Å². The van der Waals surface area contributed by atoms with Gasteiger partial charge in [-0.1, -0.05) is 0 Å². The van der Waals surface area contributed by atoms with Crippen molar-refractivity contribution in [3.8, 4) is 29.0 Å². The van der Waals surface area contributed by atoms with Crippen LogP contribution in [0.1, 0.15) is 18.4 Å². The van der Waals surface area contributed by atoms with Crippen LogP contribution in [0.15, 0.2) is 42.6 Å². The highest BCUT2D eigenvalue weighted by molar-refractivity contribution is 5.81. The molecule has 13 nitrogen and oxygen atoms in total. The van der Waals surface area contributed by atoms with Gasteiger partial charge in [-0.15, -0.1) is 0 Å². The maximum Gasteiger partial charge on any atom is 0.273 e. The minimum absolute atomic E-state index is 0.168. The van der Waals surface area contributed by atoms with Gasteiger partial charge in [0.1, 0.15) is 29.4 Å². The number of aliphatic hydroxyl groups is 1. The van der Waals surface area contributed by atoms with Crippen molar-refractivity contribution in [2.45, 2.75) is 37.5 Å². The Bertz CT molecular complexity index is 1600. The number of methoxy groups -OCH3 is 1. The van der Waals surface area contributed by atoms with Crippen LogP contribution in [0.4, 0.5) is 26.2 Å². The van der Waals surface area contributed by atoms with Crippen LogP contribution in [0.5, 0.6) is 11.6 Å². The van der Waals surface area contributed by atoms with Crippen LogP contribution in [-0.4, -0.2) is 120 Å². The molecule has 2 aromatic heterocycles. The van der Waals surface area contributed by atoms with E-state index in [9.17, 15) is 23.9 Å². The normalized spacial score (nSPS) is 18.4. The van der Waals surface area contributed by atoms with Gasteiger partial charge in [0.25, 0.3) is 12.3 Å². The molecule has 6 rings (SSSR count). The first kappa shape index (κ1) is 32.3. The number of nitriles is 1. The molecule has 0 bridgehead atoms. The Kier molecular flexibility index (Phi) is 9.90. The molecule has 2 N–H and O–H groups in total. The van der Waals surface area contributed by atoms with Gasteiger partial charge in [0.2, 0.25) is 11.8 Å². The summed E-state index contributed by atoms with van der Waals surface area (Å²) in [5, 5.41) is 22.4. The lowest BCUT2D eigenvalue weighted by Crippen LogP contribution is -2.56. The summed E-state index contributed by atoms with van der Waals surface area (Å²) in [6, 6.07) is 13.4. The van der Waals surface area contributed by atoms with E-state index in [4.69, 9.17) is 14.2 Å². The number of carbonyl (C=O) groups excluding carboxylic acids is 1. The number of carbonyl (C=O) groups is 1. The van der Waals surface area contributed by atoms with Crippen LogP contribution >= 0.6 is 0 Å². The first-order valence-corrected chi connectivity index (χ1v) is 15.5. The van der Waals surface area contributed by atoms with E-state index in [1.54, 1.807) is 37.6 Å². The molecule has 0 saturated carbocycles. The number of aromatic nitrogens is 3. The zero-order chi connectivity index (χ0) is 32.9. The number of ether oxygens (including phenoxy) is 3. The third-order valence-electron chi connectivity index (χ3n) is 8.66. The molecule has 47 heavy (non-hydrogen) atoms. The highest BCUT2D eigenvalue weighted by atomic mass is 19.3. The maximum atomic E-state index is 12.7. The van der Waals surface area contributed by atoms with Gasteiger partial charge in [-0.25, -0.2) is 18.7 Å². The van der Waals surface area contributed by atoms with Crippen LogP contribution in [0.3, 0.4) is 0 Å². The number of alkyl halides is 2. The van der Waals surface area contributed by atoms with Gasteiger partial charge in [0.05, 0.1) is 37.6 Å². The van der Waals surface area contributed by atoms with E-state index in [0.29, 0.717) is 59.1 Å². The Morgan fingerprint density at radius 2 is 1.85 bits per heavy atom. The first-order valence-electron chi connectivity index (χ1n) is 15.5. The van der Waals surface area contributed by atoms with Crippen LogP contribution in [0.2, 0.25) is 0 Å². The molecule has 3 aliphatic heterocycles. The minimum Gasteiger partial charge on any atom is -0.489 e. The molecule has 1 atom stereocenters. The number of piperazine rings is 1. The number of amides is 1. The molecule has 3 saturated heterocycles. The molecule has 0 unspecified atom stereocenters. The number of pyridine rings is 1. The Morgan fingerprint density at radius 3 is 2.51 bits per heavy atom. The number of nitrogens with zero attached hydrogens (tertiary/aromatic N) is 7. The third kappa shape index (κ3) is 7.35. The second kappa shape index (κ2) is 14.4. The summed E-state index contributed by atoms with van der Waals surface area (Å²) >= 11 is 0. The number of hydrogen-bond acceptors (Lipinski definition) is 12. The predicted molar refractivity (Wildman–Crippen MR) is 167 cm³/mol. The van der Waals surface area contributed by atoms with Crippen molar-refractivity contribution >= 4 is 23.4 Å². The monoisotopic (exact) mass is 650 g/mol. The van der Waals surface area contributed by atoms with Crippen molar-refractivity contribution in [2.75, 3.05) is 69.8 Å². The van der Waals surface area contributed by atoms with Gasteiger partial charge in [0.15, 0.2) is 6.10 Å². The number of aliphatic hydroxyl groups excluding tert-OH is 1. The molecular formula is C32H36F2N8O5. The fourth-order valence-corrected chi connectivity index (χ4v) is 5.90. The molecule has 3 fully saturated rings. The number of likely N-dealkylation sites (tertiary alicyclic amines) is 1. The first-order chi connectivity index (χ1) is 22.8. The highest BCUT2D eigenvalue weighted by Gasteiger charge is 2.33. The van der Waals surface area contributed by atoms with E-state index in [1.165, 1.54) is 4.90 Å². The van der Waals surface area contributed by atoms with Gasteiger partial charge in [-0.05, 0) is 36.4 Å². The van der Waals surface area contributed by atoms with E-state index >= 15 is 0 Å². The zero-order valence-corrected chi connectivity index (χ0v) is 25.9. The fraction of sp³-hybridized carbons (Fsp3) is 0.469. The van der Waals surface area contributed by atoms with Crippen molar-refractivity contribution in [2.24, 2.45) is 0 Å². The maximum absolute atomic E-state index is 12.7. The molecule has 3 aromatic rings. The summed E-state index contributed by atoms with van der Waals surface area (Å²) in [7, 11) is 1.60. The van der Waals surface area contributed by atoms with Gasteiger partial charge < -0.3 is 34.4 Å². The zero-order valence-electron chi connectivity index (χ0n) is 25.9. The standard InChI is InChI=1S/C32H36F2N8O5/c1-45-30-25(41-14-12-40(13-15-41)22-18-46-19-22)3-5-27(38-30)39-32-36-9-6-24(37-32)20-2-4-26(21(16-20)17-35)47-23-7-10-42(11-8-23)31(44)28(43)29(33)34/h2-6,9,16,22-23,28-29,43H,7-8,10-15,18-19H2,1H3,(H,36,37,38,39)/t28-/m1/s1. The van der Waals surface area contributed by atoms with Crippen molar-refractivity contribution < 1.29 is 32.9 Å². The van der Waals surface area contributed by atoms with E-state index in [0.717, 1.165) is 45.1 Å². The van der Waals surface area contributed by atoms with Crippen LogP contribution in [0, 0.1) is 11.3 Å². The summed E-state index contributed by atoms with van der Waals surface area (Å²) < 4.78 is 42.5. The summed E-state index contributed by atoms with van der Waals surface area (Å²) in [5.41, 5.74) is 2.47. The van der Waals surface area contributed by atoms with Crippen LogP contribution < -0.4 is 19.7 Å². The number of anilines is 3. The number of benzene rings is 1. The van der Waals surface area contributed by atoms with Gasteiger partial charge in [-0.2, -0.15) is 10.2 Å². The van der Waals surface area contributed by atoms with E-state index < -0.39 is 18.4 Å². The Hall–Kier alpha value is -4.65. The topological polar surface area (TPSA) is 149 Å². The molecule has 0 radical (unpaired) electrons. The number of halogens is 2.